The van der Waals surface area contributed by atoms with Gasteiger partial charge < -0.3 is 19.6 Å². The van der Waals surface area contributed by atoms with Gasteiger partial charge in [0, 0.05) is 16.5 Å². The molecular weight excluding hydrogens is 370 g/mol. The summed E-state index contributed by atoms with van der Waals surface area (Å²) in [6, 6.07) is 6.92. The van der Waals surface area contributed by atoms with E-state index in [4.69, 9.17) is 20.8 Å². The van der Waals surface area contributed by atoms with E-state index < -0.39 is 0 Å². The van der Waals surface area contributed by atoms with Gasteiger partial charge in [0.25, 0.3) is 5.91 Å². The third kappa shape index (κ3) is 2.89. The smallest absolute Gasteiger partial charge is 0.258 e. The summed E-state index contributed by atoms with van der Waals surface area (Å²) in [6.07, 6.45) is 3.61. The summed E-state index contributed by atoms with van der Waals surface area (Å²) in [7, 11) is 0. The Bertz CT molecular complexity index is 856. The standard InChI is InChI=1S/C19H20ClN3O4/c20-12-1-3-14(4-2-12)26-7-15(25)21-19-8-18(9-19,10-19)17-23-22-16(27-17)11-5-13(24)6-11/h1-4,11,13,24H,5-10H2,(H,21,25)/t11-,13+,18?,19?. The molecule has 0 aliphatic heterocycles. The number of nitrogens with one attached hydrogen (secondary N) is 1. The molecule has 8 heteroatoms. The van der Waals surface area contributed by atoms with Crippen LogP contribution in [0.3, 0.4) is 0 Å². The Morgan fingerprint density at radius 3 is 2.63 bits per heavy atom. The van der Waals surface area contributed by atoms with Gasteiger partial charge in [-0.15, -0.1) is 10.2 Å². The van der Waals surface area contributed by atoms with Crippen LogP contribution in [0.2, 0.25) is 5.02 Å². The molecule has 4 saturated carbocycles. The minimum absolute atomic E-state index is 0.0227. The summed E-state index contributed by atoms with van der Waals surface area (Å²) in [5.74, 6) is 1.98. The normalized spacial score (nSPS) is 33.4. The number of nitrogens with zero attached hydrogens (tertiary/aromatic N) is 2. The molecule has 0 atom stereocenters. The predicted molar refractivity (Wildman–Crippen MR) is 95.6 cm³/mol. The van der Waals surface area contributed by atoms with Crippen molar-refractivity contribution in [2.75, 3.05) is 6.61 Å². The summed E-state index contributed by atoms with van der Waals surface area (Å²) in [5, 5.41) is 21.5. The Hall–Kier alpha value is -2.12. The molecule has 1 heterocycles. The van der Waals surface area contributed by atoms with Crippen LogP contribution in [0.4, 0.5) is 0 Å². The van der Waals surface area contributed by atoms with Gasteiger partial charge in [-0.25, -0.2) is 0 Å². The van der Waals surface area contributed by atoms with Gasteiger partial charge in [-0.1, -0.05) is 11.6 Å². The number of ether oxygens (including phenoxy) is 1. The molecule has 0 spiro atoms. The van der Waals surface area contributed by atoms with Crippen LogP contribution >= 0.6 is 11.6 Å². The summed E-state index contributed by atoms with van der Waals surface area (Å²) in [6.45, 7) is -0.0227. The second-order valence-corrected chi connectivity index (χ2v) is 8.59. The first-order chi connectivity index (χ1) is 13.0. The number of hydrogen-bond donors (Lipinski definition) is 2. The van der Waals surface area contributed by atoms with Crippen LogP contribution in [0.1, 0.15) is 49.8 Å². The molecule has 142 valence electrons. The number of aliphatic hydroxyl groups is 1. The van der Waals surface area contributed by atoms with E-state index in [2.05, 4.69) is 15.5 Å². The Balaban J connectivity index is 1.12. The Labute approximate surface area is 161 Å². The predicted octanol–water partition coefficient (Wildman–Crippen LogP) is 2.33. The monoisotopic (exact) mass is 389 g/mol. The number of halogens is 1. The second-order valence-electron chi connectivity index (χ2n) is 8.15. The SMILES string of the molecule is O=C(COc1ccc(Cl)cc1)NC12CC(c3nnc([C@H]4C[C@@H](O)C4)o3)(C1)C2. The van der Waals surface area contributed by atoms with Gasteiger partial charge in [0.15, 0.2) is 6.61 Å². The van der Waals surface area contributed by atoms with Gasteiger partial charge in [-0.2, -0.15) is 0 Å². The number of rotatable bonds is 6. The first kappa shape index (κ1) is 17.0. The van der Waals surface area contributed by atoms with E-state index in [-0.39, 0.29) is 35.5 Å². The molecule has 0 radical (unpaired) electrons. The van der Waals surface area contributed by atoms with Gasteiger partial charge in [0.2, 0.25) is 11.8 Å². The molecule has 1 aromatic carbocycles. The lowest BCUT2D eigenvalue weighted by Gasteiger charge is -2.68. The summed E-state index contributed by atoms with van der Waals surface area (Å²) in [5.41, 5.74) is -0.250. The van der Waals surface area contributed by atoms with Crippen molar-refractivity contribution in [3.05, 3.63) is 41.1 Å². The van der Waals surface area contributed by atoms with Crippen LogP contribution in [0.15, 0.2) is 28.7 Å². The van der Waals surface area contributed by atoms with Crippen LogP contribution in [0, 0.1) is 0 Å². The molecule has 4 fully saturated rings. The zero-order chi connectivity index (χ0) is 18.6. The maximum Gasteiger partial charge on any atom is 0.258 e. The van der Waals surface area contributed by atoms with Crippen molar-refractivity contribution >= 4 is 17.5 Å². The molecule has 0 unspecified atom stereocenters. The van der Waals surface area contributed by atoms with Crippen molar-refractivity contribution in [3.63, 3.8) is 0 Å². The van der Waals surface area contributed by atoms with Crippen LogP contribution in [-0.4, -0.2) is 39.5 Å². The minimum atomic E-state index is -0.242. The van der Waals surface area contributed by atoms with Gasteiger partial charge in [0.1, 0.15) is 5.75 Å². The van der Waals surface area contributed by atoms with E-state index in [1.165, 1.54) is 0 Å². The highest BCUT2D eigenvalue weighted by molar-refractivity contribution is 6.30. The Kier molecular flexibility index (Phi) is 3.74. The maximum atomic E-state index is 12.2. The molecular formula is C19H20ClN3O4. The molecule has 7 nitrogen and oxygen atoms in total. The fourth-order valence-electron chi connectivity index (χ4n) is 4.56. The molecule has 6 rings (SSSR count). The van der Waals surface area contributed by atoms with Gasteiger partial charge in [-0.3, -0.25) is 4.79 Å². The number of benzene rings is 1. The second kappa shape index (κ2) is 5.94. The van der Waals surface area contributed by atoms with E-state index >= 15 is 0 Å². The number of aliphatic hydroxyl groups excluding tert-OH is 1. The van der Waals surface area contributed by atoms with Crippen molar-refractivity contribution < 1.29 is 19.1 Å². The van der Waals surface area contributed by atoms with Crippen molar-refractivity contribution in [1.82, 2.24) is 15.5 Å². The molecule has 4 aliphatic rings. The maximum absolute atomic E-state index is 12.2. The zero-order valence-electron chi connectivity index (χ0n) is 14.7. The molecule has 1 aromatic heterocycles. The van der Waals surface area contributed by atoms with Crippen LogP contribution in [0.25, 0.3) is 0 Å². The first-order valence-electron chi connectivity index (χ1n) is 9.17. The lowest BCUT2D eigenvalue weighted by atomic mass is 9.39. The third-order valence-corrected chi connectivity index (χ3v) is 6.23. The molecule has 27 heavy (non-hydrogen) atoms. The Morgan fingerprint density at radius 1 is 1.26 bits per heavy atom. The third-order valence-electron chi connectivity index (χ3n) is 5.98. The van der Waals surface area contributed by atoms with E-state index in [0.29, 0.717) is 35.4 Å². The number of amides is 1. The highest BCUT2D eigenvalue weighted by Gasteiger charge is 2.71. The highest BCUT2D eigenvalue weighted by atomic mass is 35.5. The van der Waals surface area contributed by atoms with E-state index in [1.807, 2.05) is 0 Å². The summed E-state index contributed by atoms with van der Waals surface area (Å²) in [4.78, 5) is 12.2. The van der Waals surface area contributed by atoms with Crippen LogP contribution in [0.5, 0.6) is 5.75 Å². The van der Waals surface area contributed by atoms with Crippen molar-refractivity contribution in [3.8, 4) is 5.75 Å². The fraction of sp³-hybridized carbons (Fsp3) is 0.526. The average Bonchev–Trinajstić information content (AvgIpc) is 3.02. The van der Waals surface area contributed by atoms with Crippen molar-refractivity contribution in [1.29, 1.82) is 0 Å². The molecule has 4 aliphatic carbocycles. The topological polar surface area (TPSA) is 97.5 Å². The van der Waals surface area contributed by atoms with Gasteiger partial charge in [0.05, 0.1) is 11.5 Å². The summed E-state index contributed by atoms with van der Waals surface area (Å²) < 4.78 is 11.4. The lowest BCUT2D eigenvalue weighted by Crippen LogP contribution is -2.77. The highest BCUT2D eigenvalue weighted by Crippen LogP contribution is 2.67. The number of hydrogen-bond acceptors (Lipinski definition) is 6. The van der Waals surface area contributed by atoms with Crippen LogP contribution < -0.4 is 10.1 Å². The molecule has 0 saturated heterocycles. The minimum Gasteiger partial charge on any atom is -0.484 e. The zero-order valence-corrected chi connectivity index (χ0v) is 15.4. The molecule has 2 bridgehead atoms. The Morgan fingerprint density at radius 2 is 1.96 bits per heavy atom. The van der Waals surface area contributed by atoms with Crippen LogP contribution in [-0.2, 0) is 10.2 Å². The number of carbonyl (C=O) groups is 1. The van der Waals surface area contributed by atoms with Gasteiger partial charge >= 0.3 is 0 Å². The fourth-order valence-corrected chi connectivity index (χ4v) is 4.69. The van der Waals surface area contributed by atoms with Gasteiger partial charge in [-0.05, 0) is 56.4 Å². The van der Waals surface area contributed by atoms with Crippen molar-refractivity contribution in [2.24, 2.45) is 0 Å². The molecule has 2 aromatic rings. The molecule has 1 amide bonds. The van der Waals surface area contributed by atoms with E-state index in [1.54, 1.807) is 24.3 Å². The van der Waals surface area contributed by atoms with Crippen molar-refractivity contribution in [2.45, 2.75) is 55.1 Å². The summed E-state index contributed by atoms with van der Waals surface area (Å²) >= 11 is 5.83. The largest absolute Gasteiger partial charge is 0.484 e. The molecule has 2 N–H and O–H groups in total. The number of aromatic nitrogens is 2. The van der Waals surface area contributed by atoms with E-state index in [0.717, 1.165) is 19.3 Å². The number of carbonyl (C=O) groups excluding carboxylic acids is 1. The van der Waals surface area contributed by atoms with E-state index in [9.17, 15) is 9.90 Å². The average molecular weight is 390 g/mol. The lowest BCUT2D eigenvalue weighted by molar-refractivity contribution is -0.143. The quantitative estimate of drug-likeness (QED) is 0.787. The first-order valence-corrected chi connectivity index (χ1v) is 9.55.